The highest BCUT2D eigenvalue weighted by Crippen LogP contribution is 2.05. The minimum absolute atomic E-state index is 0.0511. The van der Waals surface area contributed by atoms with E-state index < -0.39 is 0 Å². The van der Waals surface area contributed by atoms with Crippen molar-refractivity contribution in [2.24, 2.45) is 5.16 Å². The van der Waals surface area contributed by atoms with E-state index in [0.29, 0.717) is 17.9 Å². The molecule has 2 aromatic rings. The van der Waals surface area contributed by atoms with Gasteiger partial charge < -0.3 is 4.84 Å². The van der Waals surface area contributed by atoms with Crippen molar-refractivity contribution < 1.29 is 9.63 Å². The predicted octanol–water partition coefficient (Wildman–Crippen LogP) is 3.85. The number of hydrogen-bond donors (Lipinski definition) is 0. The summed E-state index contributed by atoms with van der Waals surface area (Å²) in [5, 5.41) is 3.98. The van der Waals surface area contributed by atoms with Gasteiger partial charge in [-0.1, -0.05) is 65.8 Å². The molecule has 0 bridgehead atoms. The van der Waals surface area contributed by atoms with Crippen molar-refractivity contribution >= 4 is 11.5 Å². The van der Waals surface area contributed by atoms with Crippen LogP contribution < -0.4 is 0 Å². The van der Waals surface area contributed by atoms with Crippen molar-refractivity contribution in [1.82, 2.24) is 0 Å². The second-order valence-electron chi connectivity index (χ2n) is 4.55. The molecule has 3 nitrogen and oxygen atoms in total. The highest BCUT2D eigenvalue weighted by atomic mass is 16.6. The lowest BCUT2D eigenvalue weighted by Gasteiger charge is -2.02. The van der Waals surface area contributed by atoms with Gasteiger partial charge in [0, 0.05) is 5.56 Å². The minimum Gasteiger partial charge on any atom is -0.391 e. The first-order chi connectivity index (χ1) is 9.75. The molecule has 0 amide bonds. The van der Waals surface area contributed by atoms with Crippen LogP contribution in [0.3, 0.4) is 0 Å². The number of Topliss-reactive ketones (excluding diaryl/α,β-unsaturated/α-hetero) is 1. The Morgan fingerprint density at radius 2 is 1.60 bits per heavy atom. The first kappa shape index (κ1) is 14.0. The first-order valence-electron chi connectivity index (χ1n) is 6.53. The number of ketones is 1. The fourth-order valence-corrected chi connectivity index (χ4v) is 1.78. The zero-order valence-corrected chi connectivity index (χ0v) is 11.5. The Bertz CT molecular complexity index is 576. The third-order valence-electron chi connectivity index (χ3n) is 2.81. The van der Waals surface area contributed by atoms with Crippen molar-refractivity contribution in [3.8, 4) is 0 Å². The third-order valence-corrected chi connectivity index (χ3v) is 2.81. The Morgan fingerprint density at radius 3 is 2.25 bits per heavy atom. The summed E-state index contributed by atoms with van der Waals surface area (Å²) < 4.78 is 0. The molecule has 0 heterocycles. The van der Waals surface area contributed by atoms with Gasteiger partial charge in [0.1, 0.15) is 6.61 Å². The molecule has 0 atom stereocenters. The summed E-state index contributed by atoms with van der Waals surface area (Å²) in [6.45, 7) is 2.21. The molecule has 20 heavy (non-hydrogen) atoms. The van der Waals surface area contributed by atoms with Gasteiger partial charge >= 0.3 is 0 Å². The fourth-order valence-electron chi connectivity index (χ4n) is 1.78. The van der Waals surface area contributed by atoms with Gasteiger partial charge in [-0.25, -0.2) is 0 Å². The van der Waals surface area contributed by atoms with Gasteiger partial charge in [0.15, 0.2) is 5.78 Å². The Balaban J connectivity index is 1.84. The lowest BCUT2D eigenvalue weighted by atomic mass is 10.1. The van der Waals surface area contributed by atoms with Crippen molar-refractivity contribution in [1.29, 1.82) is 0 Å². The summed E-state index contributed by atoms with van der Waals surface area (Å²) in [4.78, 5) is 17.2. The standard InChI is InChI=1S/C17H17NO2/c1-14(12-17(19)16-10-6-3-7-11-16)18-20-13-15-8-4-2-5-9-15/h2-11H,12-13H2,1H3. The number of oxime groups is 1. The summed E-state index contributed by atoms with van der Waals surface area (Å²) in [7, 11) is 0. The average molecular weight is 267 g/mol. The van der Waals surface area contributed by atoms with Crippen LogP contribution in [0.2, 0.25) is 0 Å². The zero-order valence-electron chi connectivity index (χ0n) is 11.5. The van der Waals surface area contributed by atoms with Crippen LogP contribution in [-0.4, -0.2) is 11.5 Å². The van der Waals surface area contributed by atoms with Crippen LogP contribution in [0.25, 0.3) is 0 Å². The molecule has 0 aromatic heterocycles. The van der Waals surface area contributed by atoms with Gasteiger partial charge in [0.05, 0.1) is 12.1 Å². The van der Waals surface area contributed by atoms with Crippen LogP contribution in [0.5, 0.6) is 0 Å². The molecule has 3 heteroatoms. The first-order valence-corrected chi connectivity index (χ1v) is 6.53. The van der Waals surface area contributed by atoms with E-state index in [9.17, 15) is 4.79 Å². The van der Waals surface area contributed by atoms with E-state index in [4.69, 9.17) is 4.84 Å². The van der Waals surface area contributed by atoms with E-state index in [1.807, 2.05) is 48.5 Å². The molecule has 2 rings (SSSR count). The van der Waals surface area contributed by atoms with Gasteiger partial charge in [-0.2, -0.15) is 0 Å². The lowest BCUT2D eigenvalue weighted by molar-refractivity contribution is 0.0993. The van der Waals surface area contributed by atoms with Crippen molar-refractivity contribution in [2.75, 3.05) is 0 Å². The SMILES string of the molecule is CC(CC(=O)c1ccccc1)=NOCc1ccccc1. The van der Waals surface area contributed by atoms with Crippen LogP contribution in [0.15, 0.2) is 65.8 Å². The molecule has 0 fully saturated rings. The highest BCUT2D eigenvalue weighted by Gasteiger charge is 2.06. The largest absolute Gasteiger partial charge is 0.391 e. The molecular weight excluding hydrogens is 250 g/mol. The Morgan fingerprint density at radius 1 is 1.00 bits per heavy atom. The summed E-state index contributed by atoms with van der Waals surface area (Å²) in [5.74, 6) is 0.0511. The zero-order chi connectivity index (χ0) is 14.2. The second kappa shape index (κ2) is 7.24. The van der Waals surface area contributed by atoms with Gasteiger partial charge in [0.25, 0.3) is 0 Å². The van der Waals surface area contributed by atoms with Crippen LogP contribution in [-0.2, 0) is 11.4 Å². The molecule has 0 aliphatic rings. The maximum Gasteiger partial charge on any atom is 0.168 e. The smallest absolute Gasteiger partial charge is 0.168 e. The predicted molar refractivity (Wildman–Crippen MR) is 79.7 cm³/mol. The van der Waals surface area contributed by atoms with Gasteiger partial charge in [-0.15, -0.1) is 0 Å². The van der Waals surface area contributed by atoms with E-state index >= 15 is 0 Å². The number of nitrogens with zero attached hydrogens (tertiary/aromatic N) is 1. The fraction of sp³-hybridized carbons (Fsp3) is 0.176. The minimum atomic E-state index is 0.0511. The van der Waals surface area contributed by atoms with E-state index in [-0.39, 0.29) is 12.2 Å². The molecule has 0 aliphatic heterocycles. The molecule has 0 radical (unpaired) electrons. The van der Waals surface area contributed by atoms with Gasteiger partial charge in [-0.05, 0) is 12.5 Å². The van der Waals surface area contributed by atoms with Crippen LogP contribution in [0.4, 0.5) is 0 Å². The Labute approximate surface area is 118 Å². The lowest BCUT2D eigenvalue weighted by Crippen LogP contribution is -2.05. The number of benzene rings is 2. The second-order valence-corrected chi connectivity index (χ2v) is 4.55. The monoisotopic (exact) mass is 267 g/mol. The van der Waals surface area contributed by atoms with Crippen LogP contribution in [0, 0.1) is 0 Å². The molecule has 0 aliphatic carbocycles. The summed E-state index contributed by atoms with van der Waals surface area (Å²) in [6, 6.07) is 19.0. The molecule has 2 aromatic carbocycles. The van der Waals surface area contributed by atoms with Crippen molar-refractivity contribution in [3.63, 3.8) is 0 Å². The maximum absolute atomic E-state index is 12.0. The molecule has 0 saturated heterocycles. The molecular formula is C17H17NO2. The molecule has 0 saturated carbocycles. The Hall–Kier alpha value is -2.42. The third kappa shape index (κ3) is 4.35. The number of carbonyl (C=O) groups excluding carboxylic acids is 1. The van der Waals surface area contributed by atoms with E-state index in [2.05, 4.69) is 5.16 Å². The topological polar surface area (TPSA) is 38.7 Å². The van der Waals surface area contributed by atoms with E-state index in [1.54, 1.807) is 19.1 Å². The molecule has 0 unspecified atom stereocenters. The van der Waals surface area contributed by atoms with Gasteiger partial charge in [0.2, 0.25) is 0 Å². The molecule has 0 spiro atoms. The van der Waals surface area contributed by atoms with Gasteiger partial charge in [-0.3, -0.25) is 4.79 Å². The molecule has 102 valence electrons. The number of rotatable bonds is 6. The maximum atomic E-state index is 12.0. The Kier molecular flexibility index (Phi) is 5.07. The van der Waals surface area contributed by atoms with Crippen LogP contribution >= 0.6 is 0 Å². The van der Waals surface area contributed by atoms with Crippen molar-refractivity contribution in [2.45, 2.75) is 20.0 Å². The van der Waals surface area contributed by atoms with Crippen molar-refractivity contribution in [3.05, 3.63) is 71.8 Å². The van der Waals surface area contributed by atoms with Crippen LogP contribution in [0.1, 0.15) is 29.3 Å². The summed E-state index contributed by atoms with van der Waals surface area (Å²) >= 11 is 0. The number of carbonyl (C=O) groups is 1. The molecule has 0 N–H and O–H groups in total. The quantitative estimate of drug-likeness (QED) is 0.453. The summed E-state index contributed by atoms with van der Waals surface area (Å²) in [5.41, 5.74) is 2.43. The summed E-state index contributed by atoms with van der Waals surface area (Å²) in [6.07, 6.45) is 0.277. The highest BCUT2D eigenvalue weighted by molar-refractivity contribution is 6.08. The van der Waals surface area contributed by atoms with E-state index in [0.717, 1.165) is 5.56 Å². The number of hydrogen-bond acceptors (Lipinski definition) is 3. The normalized spacial score (nSPS) is 11.2. The van der Waals surface area contributed by atoms with E-state index in [1.165, 1.54) is 0 Å². The average Bonchev–Trinajstić information content (AvgIpc) is 2.49.